The number of carboxylic acids is 1. The molecule has 1 aliphatic rings. The smallest absolute Gasteiger partial charge is 0.335 e. The number of hydrogen-bond acceptors (Lipinski definition) is 2. The van der Waals surface area contributed by atoms with E-state index in [9.17, 15) is 4.79 Å². The van der Waals surface area contributed by atoms with Gasteiger partial charge in [-0.3, -0.25) is 0 Å². The Kier molecular flexibility index (Phi) is 4.50. The molecule has 0 aliphatic heterocycles. The van der Waals surface area contributed by atoms with E-state index in [4.69, 9.17) is 5.11 Å². The summed E-state index contributed by atoms with van der Waals surface area (Å²) in [5, 5.41) is 12.5. The van der Waals surface area contributed by atoms with Crippen LogP contribution in [0.15, 0.2) is 22.7 Å². The second-order valence-electron chi connectivity index (χ2n) is 5.65. The summed E-state index contributed by atoms with van der Waals surface area (Å²) in [7, 11) is 0. The Hall–Kier alpha value is -1.03. The molecule has 104 valence electrons. The van der Waals surface area contributed by atoms with Gasteiger partial charge in [0.25, 0.3) is 0 Å². The molecule has 3 atom stereocenters. The van der Waals surface area contributed by atoms with E-state index in [0.29, 0.717) is 17.5 Å². The molecule has 3 unspecified atom stereocenters. The van der Waals surface area contributed by atoms with Gasteiger partial charge in [-0.25, -0.2) is 4.79 Å². The molecule has 0 radical (unpaired) electrons. The zero-order chi connectivity index (χ0) is 14.0. The van der Waals surface area contributed by atoms with Crippen LogP contribution in [0.2, 0.25) is 0 Å². The van der Waals surface area contributed by atoms with E-state index >= 15 is 0 Å². The second-order valence-corrected chi connectivity index (χ2v) is 6.50. The summed E-state index contributed by atoms with van der Waals surface area (Å²) in [6.45, 7) is 4.59. The third kappa shape index (κ3) is 3.50. The van der Waals surface area contributed by atoms with Crippen molar-refractivity contribution >= 4 is 27.6 Å². The number of benzene rings is 1. The topological polar surface area (TPSA) is 49.3 Å². The van der Waals surface area contributed by atoms with Gasteiger partial charge in [0.15, 0.2) is 0 Å². The van der Waals surface area contributed by atoms with Gasteiger partial charge in [-0.2, -0.15) is 0 Å². The monoisotopic (exact) mass is 325 g/mol. The Morgan fingerprint density at radius 3 is 2.68 bits per heavy atom. The number of anilines is 1. The van der Waals surface area contributed by atoms with Crippen molar-refractivity contribution in [2.45, 2.75) is 39.2 Å². The molecule has 0 aromatic heterocycles. The fourth-order valence-electron chi connectivity index (χ4n) is 2.84. The van der Waals surface area contributed by atoms with Gasteiger partial charge in [-0.05, 0) is 65.2 Å². The van der Waals surface area contributed by atoms with Gasteiger partial charge in [-0.15, -0.1) is 0 Å². The van der Waals surface area contributed by atoms with Crippen molar-refractivity contribution in [3.8, 4) is 0 Å². The number of aromatic carboxylic acids is 1. The second kappa shape index (κ2) is 5.95. The van der Waals surface area contributed by atoms with E-state index in [1.54, 1.807) is 12.1 Å². The van der Waals surface area contributed by atoms with E-state index in [2.05, 4.69) is 35.1 Å². The molecule has 1 aliphatic carbocycles. The molecule has 3 nitrogen and oxygen atoms in total. The van der Waals surface area contributed by atoms with Gasteiger partial charge < -0.3 is 10.4 Å². The fourth-order valence-corrected chi connectivity index (χ4v) is 3.34. The highest BCUT2D eigenvalue weighted by molar-refractivity contribution is 9.10. The van der Waals surface area contributed by atoms with Crippen LogP contribution in [0.25, 0.3) is 0 Å². The molecular formula is C15H20BrNO2. The highest BCUT2D eigenvalue weighted by Gasteiger charge is 2.25. The Bertz CT molecular complexity index is 475. The fraction of sp³-hybridized carbons (Fsp3) is 0.533. The third-order valence-corrected chi connectivity index (χ3v) is 4.64. The molecule has 0 heterocycles. The summed E-state index contributed by atoms with van der Waals surface area (Å²) in [5.41, 5.74) is 1.29. The number of halogens is 1. The molecular weight excluding hydrogens is 306 g/mol. The van der Waals surface area contributed by atoms with E-state index in [1.165, 1.54) is 19.3 Å². The van der Waals surface area contributed by atoms with E-state index in [1.807, 2.05) is 6.07 Å². The molecule has 0 amide bonds. The molecule has 1 aromatic rings. The molecule has 1 aromatic carbocycles. The minimum absolute atomic E-state index is 0.308. The van der Waals surface area contributed by atoms with Crippen LogP contribution in [-0.4, -0.2) is 17.1 Å². The lowest BCUT2D eigenvalue weighted by Crippen LogP contribution is -2.33. The van der Waals surface area contributed by atoms with Crippen molar-refractivity contribution in [2.24, 2.45) is 11.8 Å². The predicted octanol–water partition coefficient (Wildman–Crippen LogP) is 4.38. The lowest BCUT2D eigenvalue weighted by atomic mass is 9.80. The largest absolute Gasteiger partial charge is 0.478 e. The summed E-state index contributed by atoms with van der Waals surface area (Å²) < 4.78 is 0.818. The molecule has 0 bridgehead atoms. The van der Waals surface area contributed by atoms with Crippen LogP contribution in [-0.2, 0) is 0 Å². The summed E-state index contributed by atoms with van der Waals surface area (Å²) in [5.74, 6) is 0.563. The predicted molar refractivity (Wildman–Crippen MR) is 80.7 cm³/mol. The molecule has 2 N–H and O–H groups in total. The number of carboxylic acid groups (broad SMARTS) is 1. The maximum Gasteiger partial charge on any atom is 0.335 e. The van der Waals surface area contributed by atoms with Crippen molar-refractivity contribution in [3.63, 3.8) is 0 Å². The molecule has 19 heavy (non-hydrogen) atoms. The lowest BCUT2D eigenvalue weighted by molar-refractivity contribution is 0.0697. The number of hydrogen-bond donors (Lipinski definition) is 2. The van der Waals surface area contributed by atoms with Crippen LogP contribution in [0.3, 0.4) is 0 Å². The van der Waals surface area contributed by atoms with E-state index in [0.717, 1.165) is 16.1 Å². The van der Waals surface area contributed by atoms with Crippen molar-refractivity contribution < 1.29 is 9.90 Å². The zero-order valence-electron chi connectivity index (χ0n) is 11.3. The third-order valence-electron chi connectivity index (χ3n) is 3.99. The van der Waals surface area contributed by atoms with Gasteiger partial charge >= 0.3 is 5.97 Å². The molecule has 0 spiro atoms. The zero-order valence-corrected chi connectivity index (χ0v) is 12.9. The highest BCUT2D eigenvalue weighted by Crippen LogP contribution is 2.33. The number of nitrogens with one attached hydrogen (secondary N) is 1. The molecule has 4 heteroatoms. The highest BCUT2D eigenvalue weighted by atomic mass is 79.9. The molecule has 2 rings (SSSR count). The maximum absolute atomic E-state index is 10.9. The van der Waals surface area contributed by atoms with Gasteiger partial charge in [0.05, 0.1) is 5.56 Å². The first-order valence-corrected chi connectivity index (χ1v) is 7.56. The summed E-state index contributed by atoms with van der Waals surface area (Å²) >= 11 is 3.45. The van der Waals surface area contributed by atoms with Crippen LogP contribution in [0.1, 0.15) is 43.5 Å². The average molecular weight is 326 g/mol. The minimum Gasteiger partial charge on any atom is -0.478 e. The summed E-state index contributed by atoms with van der Waals surface area (Å²) in [6.07, 6.45) is 3.69. The standard InChI is InChI=1S/C15H20BrNO2/c1-9-3-5-13(10(2)7-9)17-14-6-4-11(15(18)19)8-12(14)16/h4,6,8-10,13,17H,3,5,7H2,1-2H3,(H,18,19). The molecule has 0 saturated heterocycles. The lowest BCUT2D eigenvalue weighted by Gasteiger charge is -2.34. The maximum atomic E-state index is 10.9. The number of carbonyl (C=O) groups is 1. The summed E-state index contributed by atoms with van der Waals surface area (Å²) in [6, 6.07) is 5.62. The molecule has 1 saturated carbocycles. The Morgan fingerprint density at radius 1 is 1.37 bits per heavy atom. The van der Waals surface area contributed by atoms with Crippen molar-refractivity contribution in [2.75, 3.05) is 5.32 Å². The van der Waals surface area contributed by atoms with Gasteiger partial charge in [-0.1, -0.05) is 13.8 Å². The van der Waals surface area contributed by atoms with Gasteiger partial charge in [0.2, 0.25) is 0 Å². The van der Waals surface area contributed by atoms with E-state index in [-0.39, 0.29) is 0 Å². The van der Waals surface area contributed by atoms with Crippen LogP contribution in [0.4, 0.5) is 5.69 Å². The Morgan fingerprint density at radius 2 is 2.11 bits per heavy atom. The Balaban J connectivity index is 2.09. The number of rotatable bonds is 3. The first kappa shape index (κ1) is 14.4. The normalized spacial score (nSPS) is 27.0. The van der Waals surface area contributed by atoms with Gasteiger partial charge in [0.1, 0.15) is 0 Å². The van der Waals surface area contributed by atoms with Crippen molar-refractivity contribution in [3.05, 3.63) is 28.2 Å². The van der Waals surface area contributed by atoms with Gasteiger partial charge in [0, 0.05) is 16.2 Å². The minimum atomic E-state index is -0.896. The van der Waals surface area contributed by atoms with Crippen LogP contribution >= 0.6 is 15.9 Å². The first-order chi connectivity index (χ1) is 8.97. The molecule has 1 fully saturated rings. The summed E-state index contributed by atoms with van der Waals surface area (Å²) in [4.78, 5) is 10.9. The quantitative estimate of drug-likeness (QED) is 0.866. The van der Waals surface area contributed by atoms with Crippen LogP contribution < -0.4 is 5.32 Å². The van der Waals surface area contributed by atoms with Crippen LogP contribution in [0.5, 0.6) is 0 Å². The average Bonchev–Trinajstić information content (AvgIpc) is 2.34. The Labute approximate surface area is 122 Å². The first-order valence-electron chi connectivity index (χ1n) is 6.76. The SMILES string of the molecule is CC1CCC(Nc2ccc(C(=O)O)cc2Br)C(C)C1. The van der Waals surface area contributed by atoms with E-state index < -0.39 is 5.97 Å². The van der Waals surface area contributed by atoms with Crippen molar-refractivity contribution in [1.29, 1.82) is 0 Å². The van der Waals surface area contributed by atoms with Crippen LogP contribution in [0, 0.1) is 11.8 Å². The van der Waals surface area contributed by atoms with Crippen molar-refractivity contribution in [1.82, 2.24) is 0 Å².